The number of aromatic nitrogens is 2. The number of halogens is 2. The fourth-order valence-electron chi connectivity index (χ4n) is 3.21. The van der Waals surface area contributed by atoms with Gasteiger partial charge in [0.25, 0.3) is 0 Å². The maximum atomic E-state index is 5.91. The Labute approximate surface area is 192 Å². The van der Waals surface area contributed by atoms with Crippen LogP contribution in [0.4, 0.5) is 0 Å². The molecule has 0 radical (unpaired) electrons. The molecule has 9 heteroatoms. The van der Waals surface area contributed by atoms with E-state index in [1.54, 1.807) is 7.05 Å². The summed E-state index contributed by atoms with van der Waals surface area (Å²) in [7, 11) is 1.80. The summed E-state index contributed by atoms with van der Waals surface area (Å²) in [6.45, 7) is 2.91. The molecule has 2 unspecified atom stereocenters. The van der Waals surface area contributed by atoms with Crippen molar-refractivity contribution >= 4 is 53.3 Å². The van der Waals surface area contributed by atoms with Gasteiger partial charge in [0.2, 0.25) is 11.7 Å². The summed E-state index contributed by atoms with van der Waals surface area (Å²) in [6.07, 6.45) is 4.32. The second-order valence-electron chi connectivity index (χ2n) is 6.50. The van der Waals surface area contributed by atoms with Gasteiger partial charge in [-0.3, -0.25) is 4.99 Å². The van der Waals surface area contributed by atoms with Gasteiger partial charge in [0.05, 0.1) is 0 Å². The van der Waals surface area contributed by atoms with Gasteiger partial charge in [-0.15, -0.1) is 24.0 Å². The monoisotopic (exact) mass is 535 g/mol. The molecule has 0 aliphatic heterocycles. The fourth-order valence-corrected chi connectivity index (χ4v) is 4.48. The van der Waals surface area contributed by atoms with E-state index in [1.165, 1.54) is 25.0 Å². The zero-order valence-corrected chi connectivity index (χ0v) is 20.1. The van der Waals surface area contributed by atoms with E-state index in [0.717, 1.165) is 16.8 Å². The molecule has 0 amide bonds. The van der Waals surface area contributed by atoms with Crippen molar-refractivity contribution in [2.24, 2.45) is 4.99 Å². The Morgan fingerprint density at radius 2 is 2.11 bits per heavy atom. The smallest absolute Gasteiger partial charge is 0.228 e. The summed E-state index contributed by atoms with van der Waals surface area (Å²) < 4.78 is 5.34. The first-order valence-corrected chi connectivity index (χ1v) is 10.8. The van der Waals surface area contributed by atoms with Crippen LogP contribution in [0.3, 0.4) is 0 Å². The van der Waals surface area contributed by atoms with Gasteiger partial charge in [-0.25, -0.2) is 0 Å². The number of rotatable bonds is 7. The van der Waals surface area contributed by atoms with E-state index in [4.69, 9.17) is 16.1 Å². The highest BCUT2D eigenvalue weighted by molar-refractivity contribution is 14.0. The molecule has 1 saturated carbocycles. The quantitative estimate of drug-likeness (QED) is 0.311. The van der Waals surface area contributed by atoms with Gasteiger partial charge < -0.3 is 15.2 Å². The minimum atomic E-state index is 0. The van der Waals surface area contributed by atoms with Gasteiger partial charge in [-0.05, 0) is 49.3 Å². The molecule has 0 spiro atoms. The number of benzene rings is 1. The van der Waals surface area contributed by atoms with Crippen LogP contribution < -0.4 is 10.6 Å². The Bertz CT molecular complexity index is 755. The van der Waals surface area contributed by atoms with Crippen LogP contribution in [0.15, 0.2) is 33.8 Å². The zero-order chi connectivity index (χ0) is 19.1. The third kappa shape index (κ3) is 6.81. The molecule has 1 aromatic carbocycles. The number of guanidine groups is 1. The molecule has 154 valence electrons. The van der Waals surface area contributed by atoms with Crippen LogP contribution in [0, 0.1) is 0 Å². The van der Waals surface area contributed by atoms with E-state index >= 15 is 0 Å². The predicted molar refractivity (Wildman–Crippen MR) is 128 cm³/mol. The van der Waals surface area contributed by atoms with Crippen LogP contribution in [0.25, 0.3) is 11.4 Å². The summed E-state index contributed by atoms with van der Waals surface area (Å²) in [5.41, 5.74) is 0.889. The van der Waals surface area contributed by atoms with Crippen molar-refractivity contribution in [1.29, 1.82) is 0 Å². The molecule has 6 nitrogen and oxygen atoms in total. The number of hydrogen-bond acceptors (Lipinski definition) is 5. The van der Waals surface area contributed by atoms with E-state index in [1.807, 2.05) is 24.3 Å². The molecule has 2 N–H and O–H groups in total. The van der Waals surface area contributed by atoms with E-state index in [-0.39, 0.29) is 24.0 Å². The molecule has 1 heterocycles. The summed E-state index contributed by atoms with van der Waals surface area (Å²) in [4.78, 5) is 8.77. The second-order valence-corrected chi connectivity index (χ2v) is 8.51. The lowest BCUT2D eigenvalue weighted by molar-refractivity contribution is 0.378. The molecule has 1 aromatic heterocycles. The number of aliphatic imine (C=N–C) groups is 1. The summed E-state index contributed by atoms with van der Waals surface area (Å²) in [5.74, 6) is 3.20. The molecule has 1 aliphatic rings. The molecule has 2 aromatic rings. The molecule has 1 fully saturated rings. The number of thioether (sulfide) groups is 1. The van der Waals surface area contributed by atoms with Crippen LogP contribution >= 0.6 is 47.3 Å². The van der Waals surface area contributed by atoms with Gasteiger partial charge in [-0.2, -0.15) is 16.7 Å². The lowest BCUT2D eigenvalue weighted by atomic mass is 10.2. The van der Waals surface area contributed by atoms with Crippen molar-refractivity contribution in [1.82, 2.24) is 20.8 Å². The van der Waals surface area contributed by atoms with Gasteiger partial charge in [0.15, 0.2) is 5.96 Å². The molecular weight excluding hydrogens is 509 g/mol. The van der Waals surface area contributed by atoms with Crippen LogP contribution in [0.5, 0.6) is 0 Å². The van der Waals surface area contributed by atoms with Crippen molar-refractivity contribution in [2.75, 3.05) is 19.3 Å². The Kier molecular flexibility index (Phi) is 9.87. The van der Waals surface area contributed by atoms with Crippen molar-refractivity contribution in [3.8, 4) is 11.4 Å². The van der Waals surface area contributed by atoms with Crippen molar-refractivity contribution < 1.29 is 4.52 Å². The molecule has 0 saturated heterocycles. The van der Waals surface area contributed by atoms with Gasteiger partial charge in [0.1, 0.15) is 0 Å². The number of hydrogen-bond donors (Lipinski definition) is 2. The highest BCUT2D eigenvalue weighted by Gasteiger charge is 2.25. The number of nitrogens with zero attached hydrogens (tertiary/aromatic N) is 3. The Morgan fingerprint density at radius 1 is 1.32 bits per heavy atom. The Morgan fingerprint density at radius 3 is 2.82 bits per heavy atom. The third-order valence-electron chi connectivity index (χ3n) is 4.55. The largest absolute Gasteiger partial charge is 0.356 e. The first kappa shape index (κ1) is 23.3. The van der Waals surface area contributed by atoms with Crippen LogP contribution in [-0.4, -0.2) is 46.7 Å². The van der Waals surface area contributed by atoms with Crippen LogP contribution in [-0.2, 0) is 6.42 Å². The lowest BCUT2D eigenvalue weighted by Crippen LogP contribution is -2.43. The second kappa shape index (κ2) is 11.9. The first-order chi connectivity index (χ1) is 13.2. The lowest BCUT2D eigenvalue weighted by Gasteiger charge is -2.17. The fraction of sp³-hybridized carbons (Fsp3) is 0.526. The highest BCUT2D eigenvalue weighted by atomic mass is 127. The molecule has 1 aliphatic carbocycles. The summed E-state index contributed by atoms with van der Waals surface area (Å²) in [5, 5.41) is 12.4. The molecule has 3 rings (SSSR count). The van der Waals surface area contributed by atoms with E-state index in [9.17, 15) is 0 Å². The third-order valence-corrected chi connectivity index (χ3v) is 6.04. The van der Waals surface area contributed by atoms with Crippen LogP contribution in [0.2, 0.25) is 5.02 Å². The van der Waals surface area contributed by atoms with Gasteiger partial charge >= 0.3 is 0 Å². The molecule has 28 heavy (non-hydrogen) atoms. The van der Waals surface area contributed by atoms with E-state index < -0.39 is 0 Å². The molecule has 2 atom stereocenters. The maximum absolute atomic E-state index is 5.91. The number of nitrogens with one attached hydrogen (secondary N) is 2. The van der Waals surface area contributed by atoms with Gasteiger partial charge in [-0.1, -0.05) is 23.7 Å². The van der Waals surface area contributed by atoms with Crippen molar-refractivity contribution in [2.45, 2.75) is 43.9 Å². The standard InChI is InChI=1S/C19H26ClN5OS.HI/c1-3-27-16-9-8-15(12-16)23-19(21-2)22-11-10-17-24-18(25-26-17)13-4-6-14(20)7-5-13;/h4-7,15-16H,3,8-12H2,1-2H3,(H2,21,22,23);1H. The Hall–Kier alpha value is -1.000. The van der Waals surface area contributed by atoms with Gasteiger partial charge in [0, 0.05) is 41.9 Å². The normalized spacial score (nSPS) is 19.3. The molecule has 0 bridgehead atoms. The minimum Gasteiger partial charge on any atom is -0.356 e. The topological polar surface area (TPSA) is 75.3 Å². The minimum absolute atomic E-state index is 0. The molecular formula is C19H27ClIN5OS. The average Bonchev–Trinajstić information content (AvgIpc) is 3.31. The first-order valence-electron chi connectivity index (χ1n) is 9.35. The van der Waals surface area contributed by atoms with Crippen molar-refractivity contribution in [3.63, 3.8) is 0 Å². The zero-order valence-electron chi connectivity index (χ0n) is 16.2. The van der Waals surface area contributed by atoms with E-state index in [0.29, 0.717) is 35.7 Å². The van der Waals surface area contributed by atoms with E-state index in [2.05, 4.69) is 44.5 Å². The predicted octanol–water partition coefficient (Wildman–Crippen LogP) is 4.39. The SMILES string of the molecule is CCSC1CCC(NC(=NC)NCCc2nc(-c3ccc(Cl)cc3)no2)C1.I. The maximum Gasteiger partial charge on any atom is 0.228 e. The summed E-state index contributed by atoms with van der Waals surface area (Å²) >= 11 is 7.97. The summed E-state index contributed by atoms with van der Waals surface area (Å²) in [6, 6.07) is 7.90. The van der Waals surface area contributed by atoms with Crippen molar-refractivity contribution in [3.05, 3.63) is 35.2 Å². The van der Waals surface area contributed by atoms with Crippen LogP contribution in [0.1, 0.15) is 32.1 Å². The highest BCUT2D eigenvalue weighted by Crippen LogP contribution is 2.29. The average molecular weight is 536 g/mol. The Balaban J connectivity index is 0.00000280.